The zero-order valence-electron chi connectivity index (χ0n) is 10.4. The van der Waals surface area contributed by atoms with Gasteiger partial charge in [0.15, 0.2) is 0 Å². The first kappa shape index (κ1) is 11.9. The number of hydrogen-bond acceptors (Lipinski definition) is 2. The van der Waals surface area contributed by atoms with Crippen molar-refractivity contribution >= 4 is 0 Å². The molecule has 0 saturated heterocycles. The van der Waals surface area contributed by atoms with Crippen LogP contribution in [-0.2, 0) is 13.0 Å². The number of nitrogens with one attached hydrogen (secondary N) is 2. The molecule has 1 heterocycles. The van der Waals surface area contributed by atoms with Crippen LogP contribution in [0.2, 0.25) is 0 Å². The number of benzene rings is 1. The Bertz CT molecular complexity index is 448. The summed E-state index contributed by atoms with van der Waals surface area (Å²) in [6.07, 6.45) is 4.68. The maximum Gasteiger partial charge on any atom is 0.120 e. The van der Waals surface area contributed by atoms with Gasteiger partial charge in [-0.3, -0.25) is 0 Å². The molecule has 1 aromatic heterocycles. The standard InChI is InChI=1S/C14H19N3/c1-11-5-3-4-6-13(11)9-12(2)17-10-14-15-7-8-16-14/h3-8,12,17H,9-10H2,1-2H3,(H,15,16). The van der Waals surface area contributed by atoms with Crippen LogP contribution in [0.3, 0.4) is 0 Å². The second-order valence-electron chi connectivity index (χ2n) is 4.45. The highest BCUT2D eigenvalue weighted by Crippen LogP contribution is 2.09. The lowest BCUT2D eigenvalue weighted by molar-refractivity contribution is 0.534. The smallest absolute Gasteiger partial charge is 0.120 e. The number of aryl methyl sites for hydroxylation is 1. The first-order valence-electron chi connectivity index (χ1n) is 6.02. The van der Waals surface area contributed by atoms with E-state index in [0.717, 1.165) is 18.8 Å². The van der Waals surface area contributed by atoms with E-state index in [9.17, 15) is 0 Å². The van der Waals surface area contributed by atoms with Gasteiger partial charge in [-0.15, -0.1) is 0 Å². The number of nitrogens with zero attached hydrogens (tertiary/aromatic N) is 1. The maximum atomic E-state index is 4.19. The largest absolute Gasteiger partial charge is 0.348 e. The molecule has 1 aromatic carbocycles. The summed E-state index contributed by atoms with van der Waals surface area (Å²) in [5.41, 5.74) is 2.77. The normalized spacial score (nSPS) is 12.6. The van der Waals surface area contributed by atoms with E-state index in [2.05, 4.69) is 53.4 Å². The molecule has 0 fully saturated rings. The maximum absolute atomic E-state index is 4.19. The molecule has 1 atom stereocenters. The fourth-order valence-corrected chi connectivity index (χ4v) is 1.91. The van der Waals surface area contributed by atoms with Crippen LogP contribution >= 0.6 is 0 Å². The zero-order valence-corrected chi connectivity index (χ0v) is 10.4. The predicted molar refractivity (Wildman–Crippen MR) is 69.8 cm³/mol. The van der Waals surface area contributed by atoms with Crippen LogP contribution in [0.4, 0.5) is 0 Å². The van der Waals surface area contributed by atoms with Crippen molar-refractivity contribution in [1.82, 2.24) is 15.3 Å². The van der Waals surface area contributed by atoms with E-state index in [1.165, 1.54) is 11.1 Å². The molecule has 17 heavy (non-hydrogen) atoms. The van der Waals surface area contributed by atoms with E-state index in [-0.39, 0.29) is 0 Å². The second kappa shape index (κ2) is 5.64. The van der Waals surface area contributed by atoms with Crippen molar-refractivity contribution in [3.63, 3.8) is 0 Å². The number of aromatic nitrogens is 2. The van der Waals surface area contributed by atoms with E-state index >= 15 is 0 Å². The molecule has 0 saturated carbocycles. The highest BCUT2D eigenvalue weighted by atomic mass is 15.0. The Morgan fingerprint density at radius 1 is 1.35 bits per heavy atom. The number of H-pyrrole nitrogens is 1. The fraction of sp³-hybridized carbons (Fsp3) is 0.357. The van der Waals surface area contributed by atoms with Crippen LogP contribution in [0.15, 0.2) is 36.7 Å². The van der Waals surface area contributed by atoms with Gasteiger partial charge in [-0.1, -0.05) is 24.3 Å². The molecule has 0 spiro atoms. The summed E-state index contributed by atoms with van der Waals surface area (Å²) in [5, 5.41) is 3.47. The number of imidazole rings is 1. The van der Waals surface area contributed by atoms with Crippen LogP contribution in [0.5, 0.6) is 0 Å². The Balaban J connectivity index is 1.85. The molecule has 0 aliphatic heterocycles. The molecule has 3 nitrogen and oxygen atoms in total. The number of aromatic amines is 1. The van der Waals surface area contributed by atoms with E-state index in [1.807, 2.05) is 6.20 Å². The minimum absolute atomic E-state index is 0.446. The molecule has 2 rings (SSSR count). The quantitative estimate of drug-likeness (QED) is 0.826. The average molecular weight is 229 g/mol. The minimum Gasteiger partial charge on any atom is -0.348 e. The van der Waals surface area contributed by atoms with Crippen LogP contribution in [0.1, 0.15) is 23.9 Å². The Hall–Kier alpha value is -1.61. The minimum atomic E-state index is 0.446. The van der Waals surface area contributed by atoms with Gasteiger partial charge >= 0.3 is 0 Å². The lowest BCUT2D eigenvalue weighted by atomic mass is 10.0. The van der Waals surface area contributed by atoms with Crippen molar-refractivity contribution in [2.45, 2.75) is 32.9 Å². The van der Waals surface area contributed by atoms with E-state index in [0.29, 0.717) is 6.04 Å². The highest BCUT2D eigenvalue weighted by Gasteiger charge is 2.05. The van der Waals surface area contributed by atoms with Crippen molar-refractivity contribution in [1.29, 1.82) is 0 Å². The van der Waals surface area contributed by atoms with Gasteiger partial charge in [0.1, 0.15) is 5.82 Å². The molecular weight excluding hydrogens is 210 g/mol. The van der Waals surface area contributed by atoms with Gasteiger partial charge in [0.05, 0.1) is 6.54 Å². The molecule has 0 amide bonds. The van der Waals surface area contributed by atoms with Crippen LogP contribution in [0, 0.1) is 6.92 Å². The molecule has 2 aromatic rings. The second-order valence-corrected chi connectivity index (χ2v) is 4.45. The van der Waals surface area contributed by atoms with Crippen molar-refractivity contribution in [3.05, 3.63) is 53.6 Å². The molecule has 0 radical (unpaired) electrons. The molecule has 0 aliphatic rings. The first-order valence-corrected chi connectivity index (χ1v) is 6.02. The highest BCUT2D eigenvalue weighted by molar-refractivity contribution is 5.26. The first-order chi connectivity index (χ1) is 8.25. The van der Waals surface area contributed by atoms with E-state index < -0.39 is 0 Å². The third-order valence-corrected chi connectivity index (χ3v) is 2.96. The van der Waals surface area contributed by atoms with Gasteiger partial charge in [-0.05, 0) is 31.4 Å². The number of rotatable bonds is 5. The molecule has 90 valence electrons. The van der Waals surface area contributed by atoms with Crippen molar-refractivity contribution in [2.24, 2.45) is 0 Å². The Morgan fingerprint density at radius 3 is 2.88 bits per heavy atom. The van der Waals surface area contributed by atoms with E-state index in [1.54, 1.807) is 6.20 Å². The van der Waals surface area contributed by atoms with Crippen LogP contribution in [0.25, 0.3) is 0 Å². The summed E-state index contributed by atoms with van der Waals surface area (Å²) in [7, 11) is 0. The van der Waals surface area contributed by atoms with Gasteiger partial charge < -0.3 is 10.3 Å². The third kappa shape index (κ3) is 3.43. The summed E-state index contributed by atoms with van der Waals surface area (Å²) in [5.74, 6) is 0.988. The van der Waals surface area contributed by atoms with Crippen LogP contribution in [-0.4, -0.2) is 16.0 Å². The molecular formula is C14H19N3. The Kier molecular flexibility index (Phi) is 3.94. The molecule has 3 heteroatoms. The molecule has 0 aliphatic carbocycles. The summed E-state index contributed by atoms with van der Waals surface area (Å²) in [4.78, 5) is 7.29. The predicted octanol–water partition coefficient (Wildman–Crippen LogP) is 2.44. The zero-order chi connectivity index (χ0) is 12.1. The summed E-state index contributed by atoms with van der Waals surface area (Å²) < 4.78 is 0. The molecule has 0 bridgehead atoms. The topological polar surface area (TPSA) is 40.7 Å². The van der Waals surface area contributed by atoms with Gasteiger partial charge in [-0.25, -0.2) is 4.98 Å². The lowest BCUT2D eigenvalue weighted by Gasteiger charge is -2.14. The van der Waals surface area contributed by atoms with Gasteiger partial charge in [0.2, 0.25) is 0 Å². The Morgan fingerprint density at radius 2 is 2.18 bits per heavy atom. The summed E-state index contributed by atoms with van der Waals surface area (Å²) in [6.45, 7) is 5.16. The number of hydrogen-bond donors (Lipinski definition) is 2. The van der Waals surface area contributed by atoms with E-state index in [4.69, 9.17) is 0 Å². The lowest BCUT2D eigenvalue weighted by Crippen LogP contribution is -2.28. The van der Waals surface area contributed by atoms with Crippen molar-refractivity contribution in [2.75, 3.05) is 0 Å². The SMILES string of the molecule is Cc1ccccc1CC(C)NCc1ncc[nH]1. The molecule has 1 unspecified atom stereocenters. The third-order valence-electron chi connectivity index (χ3n) is 2.96. The monoisotopic (exact) mass is 229 g/mol. The van der Waals surface area contributed by atoms with Gasteiger partial charge in [-0.2, -0.15) is 0 Å². The summed E-state index contributed by atoms with van der Waals surface area (Å²) in [6, 6.07) is 8.98. The van der Waals surface area contributed by atoms with Crippen molar-refractivity contribution < 1.29 is 0 Å². The van der Waals surface area contributed by atoms with Gasteiger partial charge in [0.25, 0.3) is 0 Å². The summed E-state index contributed by atoms with van der Waals surface area (Å²) >= 11 is 0. The average Bonchev–Trinajstić information content (AvgIpc) is 2.82. The van der Waals surface area contributed by atoms with Crippen molar-refractivity contribution in [3.8, 4) is 0 Å². The Labute approximate surface area is 102 Å². The fourth-order valence-electron chi connectivity index (χ4n) is 1.91. The van der Waals surface area contributed by atoms with Crippen LogP contribution < -0.4 is 5.32 Å². The molecule has 2 N–H and O–H groups in total. The van der Waals surface area contributed by atoms with Gasteiger partial charge in [0, 0.05) is 18.4 Å².